The van der Waals surface area contributed by atoms with Crippen LogP contribution in [0.1, 0.15) is 16.2 Å². The fraction of sp³-hybridized carbons (Fsp3) is 0.0417. The fourth-order valence-electron chi connectivity index (χ4n) is 3.31. The molecule has 0 radical (unpaired) electrons. The number of pyridine rings is 1. The standard InChI is InChI=1S/C24H18N4O2/c29-24(30-17-19-16-27-14-8-7-13-23(27)25-19)22-15-21(18-9-3-1-4-10-18)26-28(22)20-11-5-2-6-12-20/h1-16H,17H2. The van der Waals surface area contributed by atoms with Crippen LogP contribution in [0.25, 0.3) is 22.6 Å². The van der Waals surface area contributed by atoms with Crippen LogP contribution in [0.2, 0.25) is 0 Å². The first-order valence-corrected chi connectivity index (χ1v) is 9.58. The number of hydrogen-bond acceptors (Lipinski definition) is 4. The first kappa shape index (κ1) is 17.9. The van der Waals surface area contributed by atoms with Gasteiger partial charge in [0.2, 0.25) is 0 Å². The van der Waals surface area contributed by atoms with Gasteiger partial charge in [0.25, 0.3) is 0 Å². The normalized spacial score (nSPS) is 10.9. The summed E-state index contributed by atoms with van der Waals surface area (Å²) < 4.78 is 9.09. The molecule has 0 saturated carbocycles. The molecule has 6 nitrogen and oxygen atoms in total. The molecule has 0 aliphatic rings. The molecule has 2 aromatic carbocycles. The molecule has 0 aliphatic carbocycles. The van der Waals surface area contributed by atoms with Crippen molar-refractivity contribution in [2.75, 3.05) is 0 Å². The highest BCUT2D eigenvalue weighted by Gasteiger charge is 2.19. The number of esters is 1. The van der Waals surface area contributed by atoms with E-state index in [9.17, 15) is 4.79 Å². The zero-order chi connectivity index (χ0) is 20.3. The third kappa shape index (κ3) is 3.46. The first-order chi connectivity index (χ1) is 14.8. The topological polar surface area (TPSA) is 61.4 Å². The van der Waals surface area contributed by atoms with E-state index in [0.717, 1.165) is 16.9 Å². The number of carbonyl (C=O) groups excluding carboxylic acids is 1. The van der Waals surface area contributed by atoms with Crippen LogP contribution in [0.3, 0.4) is 0 Å². The van der Waals surface area contributed by atoms with Crippen LogP contribution >= 0.6 is 0 Å². The molecule has 0 atom stereocenters. The largest absolute Gasteiger partial charge is 0.454 e. The van der Waals surface area contributed by atoms with E-state index >= 15 is 0 Å². The monoisotopic (exact) mass is 394 g/mol. The molecule has 0 amide bonds. The van der Waals surface area contributed by atoms with Crippen molar-refractivity contribution in [3.8, 4) is 16.9 Å². The van der Waals surface area contributed by atoms with Crippen molar-refractivity contribution in [3.63, 3.8) is 0 Å². The highest BCUT2D eigenvalue weighted by Crippen LogP contribution is 2.22. The van der Waals surface area contributed by atoms with Crippen molar-refractivity contribution in [2.24, 2.45) is 0 Å². The first-order valence-electron chi connectivity index (χ1n) is 9.58. The van der Waals surface area contributed by atoms with E-state index in [-0.39, 0.29) is 6.61 Å². The molecule has 5 aromatic rings. The summed E-state index contributed by atoms with van der Waals surface area (Å²) in [6.45, 7) is 0.0845. The van der Waals surface area contributed by atoms with Crippen LogP contribution in [0.15, 0.2) is 97.3 Å². The second kappa shape index (κ2) is 7.67. The van der Waals surface area contributed by atoms with Gasteiger partial charge in [-0.1, -0.05) is 54.6 Å². The van der Waals surface area contributed by atoms with Gasteiger partial charge in [0.15, 0.2) is 5.69 Å². The maximum absolute atomic E-state index is 13.0. The van der Waals surface area contributed by atoms with E-state index in [2.05, 4.69) is 10.1 Å². The summed E-state index contributed by atoms with van der Waals surface area (Å²) in [6.07, 6.45) is 3.76. The van der Waals surface area contributed by atoms with Gasteiger partial charge in [-0.15, -0.1) is 0 Å². The second-order valence-corrected chi connectivity index (χ2v) is 6.80. The summed E-state index contributed by atoms with van der Waals surface area (Å²) in [5, 5.41) is 4.66. The Kier molecular flexibility index (Phi) is 4.57. The van der Waals surface area contributed by atoms with Gasteiger partial charge in [-0.25, -0.2) is 14.5 Å². The van der Waals surface area contributed by atoms with Gasteiger partial charge in [0.1, 0.15) is 12.3 Å². The number of imidazole rings is 1. The number of benzene rings is 2. The van der Waals surface area contributed by atoms with Gasteiger partial charge in [0, 0.05) is 18.0 Å². The molecule has 6 heteroatoms. The molecule has 5 rings (SSSR count). The molecule has 0 fully saturated rings. The number of nitrogens with zero attached hydrogens (tertiary/aromatic N) is 4. The number of hydrogen-bond donors (Lipinski definition) is 0. The molecule has 0 saturated heterocycles. The molecule has 0 N–H and O–H groups in total. The quantitative estimate of drug-likeness (QED) is 0.411. The van der Waals surface area contributed by atoms with Gasteiger partial charge in [0.05, 0.1) is 17.1 Å². The van der Waals surface area contributed by atoms with Gasteiger partial charge in [-0.2, -0.15) is 5.10 Å². The SMILES string of the molecule is O=C(OCc1cn2ccccc2n1)c1cc(-c2ccccc2)nn1-c1ccccc1. The highest BCUT2D eigenvalue weighted by atomic mass is 16.5. The van der Waals surface area contributed by atoms with Crippen molar-refractivity contribution < 1.29 is 9.53 Å². The molecular weight excluding hydrogens is 376 g/mol. The molecule has 0 bridgehead atoms. The van der Waals surface area contributed by atoms with Gasteiger partial charge in [-0.05, 0) is 30.3 Å². The van der Waals surface area contributed by atoms with Crippen molar-refractivity contribution in [3.05, 3.63) is 109 Å². The third-order valence-corrected chi connectivity index (χ3v) is 4.75. The molecule has 0 unspecified atom stereocenters. The summed E-state index contributed by atoms with van der Waals surface area (Å²) in [5.41, 5.74) is 4.29. The van der Waals surface area contributed by atoms with Crippen molar-refractivity contribution in [2.45, 2.75) is 6.61 Å². The molecule has 3 aromatic heterocycles. The minimum Gasteiger partial charge on any atom is -0.454 e. The zero-order valence-electron chi connectivity index (χ0n) is 16.1. The number of fused-ring (bicyclic) bond motifs is 1. The van der Waals surface area contributed by atoms with Crippen LogP contribution in [-0.4, -0.2) is 25.1 Å². The lowest BCUT2D eigenvalue weighted by atomic mass is 10.1. The molecule has 3 heterocycles. The average Bonchev–Trinajstić information content (AvgIpc) is 3.43. The number of rotatable bonds is 5. The number of para-hydroxylation sites is 1. The van der Waals surface area contributed by atoms with Crippen molar-refractivity contribution in [1.82, 2.24) is 19.2 Å². The molecule has 146 valence electrons. The summed E-state index contributed by atoms with van der Waals surface area (Å²) in [6, 6.07) is 26.8. The van der Waals surface area contributed by atoms with Gasteiger partial charge < -0.3 is 9.14 Å². The lowest BCUT2D eigenvalue weighted by Crippen LogP contribution is -2.12. The van der Waals surface area contributed by atoms with Gasteiger partial charge >= 0.3 is 5.97 Å². The van der Waals surface area contributed by atoms with Crippen LogP contribution in [-0.2, 0) is 11.3 Å². The summed E-state index contributed by atoms with van der Waals surface area (Å²) >= 11 is 0. The van der Waals surface area contributed by atoms with Crippen LogP contribution in [0, 0.1) is 0 Å². The third-order valence-electron chi connectivity index (χ3n) is 4.75. The second-order valence-electron chi connectivity index (χ2n) is 6.80. The molecular formula is C24H18N4O2. The Bertz CT molecular complexity index is 1270. The van der Waals surface area contributed by atoms with E-state index in [1.165, 1.54) is 0 Å². The maximum atomic E-state index is 13.0. The zero-order valence-corrected chi connectivity index (χ0v) is 16.1. The van der Waals surface area contributed by atoms with E-state index in [4.69, 9.17) is 4.74 Å². The molecule has 0 spiro atoms. The summed E-state index contributed by atoms with van der Waals surface area (Å²) in [7, 11) is 0. The van der Waals surface area contributed by atoms with Crippen molar-refractivity contribution >= 4 is 11.6 Å². The maximum Gasteiger partial charge on any atom is 0.357 e. The minimum absolute atomic E-state index is 0.0845. The molecule has 30 heavy (non-hydrogen) atoms. The average molecular weight is 394 g/mol. The van der Waals surface area contributed by atoms with Crippen LogP contribution in [0.4, 0.5) is 0 Å². The Labute approximate surface area is 173 Å². The predicted molar refractivity (Wildman–Crippen MR) is 113 cm³/mol. The van der Waals surface area contributed by atoms with Gasteiger partial charge in [-0.3, -0.25) is 0 Å². The number of carbonyl (C=O) groups is 1. The Balaban J connectivity index is 1.45. The van der Waals surface area contributed by atoms with E-state index in [1.807, 2.05) is 95.7 Å². The summed E-state index contributed by atoms with van der Waals surface area (Å²) in [5.74, 6) is -0.453. The van der Waals surface area contributed by atoms with E-state index in [1.54, 1.807) is 10.7 Å². The van der Waals surface area contributed by atoms with E-state index < -0.39 is 5.97 Å². The number of ether oxygens (including phenoxy) is 1. The lowest BCUT2D eigenvalue weighted by Gasteiger charge is -2.07. The lowest BCUT2D eigenvalue weighted by molar-refractivity contribution is 0.0457. The fourth-order valence-corrected chi connectivity index (χ4v) is 3.31. The Morgan fingerprint density at radius 1 is 0.900 bits per heavy atom. The highest BCUT2D eigenvalue weighted by molar-refractivity contribution is 5.89. The summed E-state index contributed by atoms with van der Waals surface area (Å²) in [4.78, 5) is 17.4. The molecule has 0 aliphatic heterocycles. The Hall–Kier alpha value is -4.19. The minimum atomic E-state index is -0.453. The van der Waals surface area contributed by atoms with E-state index in [0.29, 0.717) is 17.1 Å². The smallest absolute Gasteiger partial charge is 0.357 e. The Morgan fingerprint density at radius 2 is 1.63 bits per heavy atom. The number of aromatic nitrogens is 4. The van der Waals surface area contributed by atoms with Crippen LogP contribution < -0.4 is 0 Å². The Morgan fingerprint density at radius 3 is 2.40 bits per heavy atom. The van der Waals surface area contributed by atoms with Crippen LogP contribution in [0.5, 0.6) is 0 Å². The van der Waals surface area contributed by atoms with Crippen molar-refractivity contribution in [1.29, 1.82) is 0 Å². The predicted octanol–water partition coefficient (Wildman–Crippen LogP) is 4.54.